The Labute approximate surface area is 114 Å². The lowest BCUT2D eigenvalue weighted by Crippen LogP contribution is -2.20. The minimum atomic E-state index is -1.12. The lowest BCUT2D eigenvalue weighted by molar-refractivity contribution is -0.143. The molecule has 106 valence electrons. The highest BCUT2D eigenvalue weighted by Gasteiger charge is 2.08. The topological polar surface area (TPSA) is 102 Å². The minimum absolute atomic E-state index is 0.316. The fourth-order valence-corrected chi connectivity index (χ4v) is 1.63. The number of fused-ring (bicyclic) bond motifs is 1. The van der Waals surface area contributed by atoms with Crippen LogP contribution in [-0.2, 0) is 20.7 Å². The van der Waals surface area contributed by atoms with Gasteiger partial charge in [0.25, 0.3) is 0 Å². The van der Waals surface area contributed by atoms with Crippen molar-refractivity contribution in [2.24, 2.45) is 0 Å². The van der Waals surface area contributed by atoms with Crippen LogP contribution in [0.15, 0.2) is 22.6 Å². The SMILES string of the molecule is CCc1nc2cc(NC(=O)COCC(=O)O)ccc2o1. The highest BCUT2D eigenvalue weighted by Crippen LogP contribution is 2.20. The summed E-state index contributed by atoms with van der Waals surface area (Å²) in [7, 11) is 0. The summed E-state index contributed by atoms with van der Waals surface area (Å²) < 4.78 is 10.1. The number of anilines is 1. The molecule has 1 amide bonds. The van der Waals surface area contributed by atoms with E-state index in [9.17, 15) is 9.59 Å². The average Bonchev–Trinajstić information content (AvgIpc) is 2.80. The number of rotatable bonds is 6. The maximum Gasteiger partial charge on any atom is 0.329 e. The van der Waals surface area contributed by atoms with E-state index in [1.165, 1.54) is 0 Å². The molecule has 0 radical (unpaired) electrons. The van der Waals surface area contributed by atoms with E-state index in [1.807, 2.05) is 6.92 Å². The third-order valence-corrected chi connectivity index (χ3v) is 2.48. The molecule has 0 bridgehead atoms. The summed E-state index contributed by atoms with van der Waals surface area (Å²) in [6, 6.07) is 5.09. The van der Waals surface area contributed by atoms with Gasteiger partial charge < -0.3 is 19.6 Å². The van der Waals surface area contributed by atoms with Crippen molar-refractivity contribution in [1.29, 1.82) is 0 Å². The minimum Gasteiger partial charge on any atom is -0.480 e. The third kappa shape index (κ3) is 3.55. The van der Waals surface area contributed by atoms with Crippen LogP contribution in [0.25, 0.3) is 11.1 Å². The number of aromatic nitrogens is 1. The molecule has 0 aliphatic rings. The van der Waals surface area contributed by atoms with Gasteiger partial charge in [0.1, 0.15) is 18.7 Å². The van der Waals surface area contributed by atoms with Crippen LogP contribution in [0.4, 0.5) is 5.69 Å². The zero-order valence-corrected chi connectivity index (χ0v) is 10.9. The molecule has 1 aromatic heterocycles. The molecule has 20 heavy (non-hydrogen) atoms. The molecule has 1 heterocycles. The molecule has 2 N–H and O–H groups in total. The van der Waals surface area contributed by atoms with Crippen molar-refractivity contribution in [3.63, 3.8) is 0 Å². The number of carbonyl (C=O) groups excluding carboxylic acids is 1. The van der Waals surface area contributed by atoms with Gasteiger partial charge >= 0.3 is 5.97 Å². The first-order valence-corrected chi connectivity index (χ1v) is 6.07. The van der Waals surface area contributed by atoms with E-state index < -0.39 is 18.5 Å². The molecular weight excluding hydrogens is 264 g/mol. The lowest BCUT2D eigenvalue weighted by Gasteiger charge is -2.04. The summed E-state index contributed by atoms with van der Waals surface area (Å²) in [6.45, 7) is 1.12. The fourth-order valence-electron chi connectivity index (χ4n) is 1.63. The molecule has 2 rings (SSSR count). The molecule has 2 aromatic rings. The van der Waals surface area contributed by atoms with Crippen LogP contribution >= 0.6 is 0 Å². The number of hydrogen-bond acceptors (Lipinski definition) is 5. The number of carboxylic acid groups (broad SMARTS) is 1. The van der Waals surface area contributed by atoms with E-state index in [1.54, 1.807) is 18.2 Å². The Hall–Kier alpha value is -2.41. The molecule has 0 unspecified atom stereocenters. The van der Waals surface area contributed by atoms with Crippen molar-refractivity contribution in [1.82, 2.24) is 4.98 Å². The Kier molecular flexibility index (Phi) is 4.31. The molecule has 0 atom stereocenters. The quantitative estimate of drug-likeness (QED) is 0.828. The monoisotopic (exact) mass is 278 g/mol. The van der Waals surface area contributed by atoms with E-state index in [2.05, 4.69) is 10.3 Å². The van der Waals surface area contributed by atoms with E-state index >= 15 is 0 Å². The highest BCUT2D eigenvalue weighted by atomic mass is 16.5. The maximum atomic E-state index is 11.5. The summed E-state index contributed by atoms with van der Waals surface area (Å²) in [5.74, 6) is -0.910. The molecule has 7 nitrogen and oxygen atoms in total. The number of aliphatic carboxylic acids is 1. The van der Waals surface area contributed by atoms with Crippen molar-refractivity contribution in [2.45, 2.75) is 13.3 Å². The van der Waals surface area contributed by atoms with Crippen LogP contribution in [0, 0.1) is 0 Å². The third-order valence-electron chi connectivity index (χ3n) is 2.48. The van der Waals surface area contributed by atoms with Gasteiger partial charge in [-0.3, -0.25) is 4.79 Å². The number of amides is 1. The smallest absolute Gasteiger partial charge is 0.329 e. The molecule has 0 fully saturated rings. The summed E-state index contributed by atoms with van der Waals surface area (Å²) in [6.07, 6.45) is 0.694. The van der Waals surface area contributed by atoms with Crippen LogP contribution in [0.2, 0.25) is 0 Å². The molecule has 0 aliphatic heterocycles. The summed E-state index contributed by atoms with van der Waals surface area (Å²) in [4.78, 5) is 26.0. The average molecular weight is 278 g/mol. The number of hydrogen-bond donors (Lipinski definition) is 2. The number of nitrogens with one attached hydrogen (secondary N) is 1. The first-order chi connectivity index (χ1) is 9.58. The molecule has 0 saturated carbocycles. The Bertz CT molecular complexity index is 635. The standard InChI is InChI=1S/C13H14N2O5/c1-2-12-15-9-5-8(3-4-10(9)20-12)14-11(16)6-19-7-13(17)18/h3-5H,2,6-7H2,1H3,(H,14,16)(H,17,18). The van der Waals surface area contributed by atoms with Gasteiger partial charge in [-0.2, -0.15) is 0 Å². The number of benzene rings is 1. The van der Waals surface area contributed by atoms with Gasteiger partial charge in [-0.25, -0.2) is 9.78 Å². The number of oxazole rings is 1. The van der Waals surface area contributed by atoms with Crippen LogP contribution in [0.1, 0.15) is 12.8 Å². The summed E-state index contributed by atoms with van der Waals surface area (Å²) in [5, 5.41) is 11.0. The number of carboxylic acids is 1. The predicted molar refractivity (Wildman–Crippen MR) is 70.5 cm³/mol. The number of ether oxygens (including phenoxy) is 1. The lowest BCUT2D eigenvalue weighted by atomic mass is 10.3. The Morgan fingerprint density at radius 3 is 2.90 bits per heavy atom. The molecule has 1 aromatic carbocycles. The van der Waals surface area contributed by atoms with Crippen molar-refractivity contribution in [3.8, 4) is 0 Å². The molecule has 0 spiro atoms. The Morgan fingerprint density at radius 2 is 2.20 bits per heavy atom. The van der Waals surface area contributed by atoms with Crippen LogP contribution < -0.4 is 5.32 Å². The number of carbonyl (C=O) groups is 2. The van der Waals surface area contributed by atoms with Gasteiger partial charge in [-0.1, -0.05) is 6.92 Å². The second-order valence-electron chi connectivity index (χ2n) is 4.08. The normalized spacial score (nSPS) is 10.7. The molecule has 0 saturated heterocycles. The highest BCUT2D eigenvalue weighted by molar-refractivity contribution is 5.93. The van der Waals surface area contributed by atoms with Crippen LogP contribution in [0.3, 0.4) is 0 Å². The van der Waals surface area contributed by atoms with Gasteiger partial charge in [0.15, 0.2) is 11.5 Å². The second kappa shape index (κ2) is 6.16. The largest absolute Gasteiger partial charge is 0.480 e. The first-order valence-electron chi connectivity index (χ1n) is 6.07. The van der Waals surface area contributed by atoms with Crippen molar-refractivity contribution in [3.05, 3.63) is 24.1 Å². The second-order valence-corrected chi connectivity index (χ2v) is 4.08. The zero-order valence-electron chi connectivity index (χ0n) is 10.9. The Morgan fingerprint density at radius 1 is 1.40 bits per heavy atom. The van der Waals surface area contributed by atoms with Gasteiger partial charge in [0.2, 0.25) is 5.91 Å². The summed E-state index contributed by atoms with van der Waals surface area (Å²) >= 11 is 0. The number of aryl methyl sites for hydroxylation is 1. The number of nitrogens with zero attached hydrogens (tertiary/aromatic N) is 1. The van der Waals surface area contributed by atoms with E-state index in [0.717, 1.165) is 0 Å². The van der Waals surface area contributed by atoms with Crippen molar-refractivity contribution >= 4 is 28.7 Å². The summed E-state index contributed by atoms with van der Waals surface area (Å²) in [5.41, 5.74) is 1.87. The van der Waals surface area contributed by atoms with E-state index in [4.69, 9.17) is 14.3 Å². The van der Waals surface area contributed by atoms with Gasteiger partial charge in [-0.15, -0.1) is 0 Å². The predicted octanol–water partition coefficient (Wildman–Crippen LogP) is 1.43. The van der Waals surface area contributed by atoms with Crippen molar-refractivity contribution < 1.29 is 23.8 Å². The molecule has 0 aliphatic carbocycles. The van der Waals surface area contributed by atoms with Crippen LogP contribution in [-0.4, -0.2) is 35.2 Å². The van der Waals surface area contributed by atoms with E-state index in [0.29, 0.717) is 29.1 Å². The molecule has 7 heteroatoms. The van der Waals surface area contributed by atoms with Gasteiger partial charge in [0.05, 0.1) is 0 Å². The van der Waals surface area contributed by atoms with Crippen molar-refractivity contribution in [2.75, 3.05) is 18.5 Å². The zero-order chi connectivity index (χ0) is 14.5. The van der Waals surface area contributed by atoms with Gasteiger partial charge in [0, 0.05) is 12.1 Å². The maximum absolute atomic E-state index is 11.5. The Balaban J connectivity index is 1.98. The van der Waals surface area contributed by atoms with E-state index in [-0.39, 0.29) is 6.61 Å². The van der Waals surface area contributed by atoms with Gasteiger partial charge in [-0.05, 0) is 18.2 Å². The first kappa shape index (κ1) is 14.0. The molecular formula is C13H14N2O5. The fraction of sp³-hybridized carbons (Fsp3) is 0.308. The van der Waals surface area contributed by atoms with Crippen LogP contribution in [0.5, 0.6) is 0 Å².